The molecule has 0 bridgehead atoms. The summed E-state index contributed by atoms with van der Waals surface area (Å²) in [5.74, 6) is 0.313. The zero-order valence-corrected chi connectivity index (χ0v) is 12.4. The fraction of sp³-hybridized carbons (Fsp3) is 0.867. The Morgan fingerprint density at radius 2 is 1.84 bits per heavy atom. The molecule has 1 amide bonds. The van der Waals surface area contributed by atoms with E-state index >= 15 is 0 Å². The molecule has 0 saturated carbocycles. The van der Waals surface area contributed by atoms with Crippen LogP contribution >= 0.6 is 0 Å². The fourth-order valence-electron chi connectivity index (χ4n) is 3.56. The minimum Gasteiger partial charge on any atom is -0.333 e. The zero-order valence-electron chi connectivity index (χ0n) is 12.4. The van der Waals surface area contributed by atoms with Gasteiger partial charge in [0.2, 0.25) is 5.91 Å². The van der Waals surface area contributed by atoms with Crippen molar-refractivity contribution in [2.45, 2.75) is 71.0 Å². The molecule has 19 heavy (non-hydrogen) atoms. The molecule has 2 saturated heterocycles. The summed E-state index contributed by atoms with van der Waals surface area (Å²) in [4.78, 5) is 28.2. The van der Waals surface area contributed by atoms with E-state index in [1.54, 1.807) is 6.92 Å². The normalized spacial score (nSPS) is 28.3. The second-order valence-corrected chi connectivity index (χ2v) is 6.19. The number of hydrogen-bond donors (Lipinski definition) is 0. The van der Waals surface area contributed by atoms with Gasteiger partial charge in [-0.05, 0) is 53.0 Å². The summed E-state index contributed by atoms with van der Waals surface area (Å²) in [7, 11) is 0. The molecule has 0 unspecified atom stereocenters. The number of carbonyl (C=O) groups excluding carboxylic acids is 2. The summed E-state index contributed by atoms with van der Waals surface area (Å²) in [6, 6.07) is 0.726. The van der Waals surface area contributed by atoms with Gasteiger partial charge in [-0.15, -0.1) is 0 Å². The van der Waals surface area contributed by atoms with Crippen molar-refractivity contribution in [1.29, 1.82) is 0 Å². The van der Waals surface area contributed by atoms with Crippen molar-refractivity contribution >= 4 is 11.7 Å². The number of likely N-dealkylation sites (tertiary alicyclic amines) is 2. The number of hydrogen-bond acceptors (Lipinski definition) is 3. The molecule has 2 rings (SSSR count). The zero-order chi connectivity index (χ0) is 14.0. The molecule has 0 N–H and O–H groups in total. The van der Waals surface area contributed by atoms with Gasteiger partial charge in [-0.3, -0.25) is 14.5 Å². The Hall–Kier alpha value is -0.900. The third kappa shape index (κ3) is 3.16. The lowest BCUT2D eigenvalue weighted by Gasteiger charge is -2.30. The lowest BCUT2D eigenvalue weighted by molar-refractivity contribution is -0.137. The van der Waals surface area contributed by atoms with Crippen LogP contribution in [0.5, 0.6) is 0 Å². The van der Waals surface area contributed by atoms with Gasteiger partial charge in [0.1, 0.15) is 0 Å². The van der Waals surface area contributed by atoms with E-state index in [1.807, 2.05) is 4.90 Å². The standard InChI is InChI=1S/C15H26N2O2/c1-11(2)16-8-4-6-13(16)10-15(19)17-9-5-7-14(17)12(3)18/h11,13-14H,4-10H2,1-3H3/t13-,14+/m0/s1. The largest absolute Gasteiger partial charge is 0.333 e. The molecule has 0 aromatic carbocycles. The third-order valence-electron chi connectivity index (χ3n) is 4.54. The molecule has 0 aromatic rings. The van der Waals surface area contributed by atoms with Gasteiger partial charge in [-0.1, -0.05) is 0 Å². The van der Waals surface area contributed by atoms with Crippen LogP contribution in [0.25, 0.3) is 0 Å². The molecule has 0 aliphatic carbocycles. The fourth-order valence-corrected chi connectivity index (χ4v) is 3.56. The first-order valence-corrected chi connectivity index (χ1v) is 7.56. The SMILES string of the molecule is CC(=O)[C@H]1CCCN1C(=O)C[C@@H]1CCCN1C(C)C. The topological polar surface area (TPSA) is 40.6 Å². The van der Waals surface area contributed by atoms with E-state index in [2.05, 4.69) is 18.7 Å². The molecule has 4 heteroatoms. The van der Waals surface area contributed by atoms with Crippen LogP contribution in [0.2, 0.25) is 0 Å². The monoisotopic (exact) mass is 266 g/mol. The van der Waals surface area contributed by atoms with E-state index in [1.165, 1.54) is 6.42 Å². The Bertz CT molecular complexity index is 354. The Kier molecular flexibility index (Phi) is 4.61. The van der Waals surface area contributed by atoms with Crippen molar-refractivity contribution < 1.29 is 9.59 Å². The van der Waals surface area contributed by atoms with Gasteiger partial charge in [0.15, 0.2) is 5.78 Å². The van der Waals surface area contributed by atoms with Gasteiger partial charge in [-0.25, -0.2) is 0 Å². The van der Waals surface area contributed by atoms with E-state index in [0.29, 0.717) is 18.5 Å². The minimum absolute atomic E-state index is 0.137. The summed E-state index contributed by atoms with van der Waals surface area (Å²) >= 11 is 0. The molecule has 2 fully saturated rings. The number of ketones is 1. The molecular formula is C15H26N2O2. The maximum absolute atomic E-state index is 12.4. The van der Waals surface area contributed by atoms with E-state index in [9.17, 15) is 9.59 Å². The number of carbonyl (C=O) groups is 2. The molecule has 2 heterocycles. The summed E-state index contributed by atoms with van der Waals surface area (Å²) in [6.07, 6.45) is 4.70. The van der Waals surface area contributed by atoms with Crippen LogP contribution in [0, 0.1) is 0 Å². The van der Waals surface area contributed by atoms with Crippen LogP contribution in [0.3, 0.4) is 0 Å². The van der Waals surface area contributed by atoms with Crippen LogP contribution in [-0.4, -0.2) is 52.7 Å². The van der Waals surface area contributed by atoms with E-state index < -0.39 is 0 Å². The molecule has 2 aliphatic heterocycles. The molecule has 0 radical (unpaired) electrons. The maximum Gasteiger partial charge on any atom is 0.224 e. The maximum atomic E-state index is 12.4. The van der Waals surface area contributed by atoms with E-state index in [0.717, 1.165) is 32.4 Å². The highest BCUT2D eigenvalue weighted by Crippen LogP contribution is 2.25. The number of nitrogens with zero attached hydrogens (tertiary/aromatic N) is 2. The Balaban J connectivity index is 1.95. The summed E-state index contributed by atoms with van der Waals surface area (Å²) < 4.78 is 0. The van der Waals surface area contributed by atoms with Crippen LogP contribution < -0.4 is 0 Å². The molecule has 108 valence electrons. The number of amides is 1. The highest BCUT2D eigenvalue weighted by Gasteiger charge is 2.35. The first-order valence-electron chi connectivity index (χ1n) is 7.56. The third-order valence-corrected chi connectivity index (χ3v) is 4.54. The second kappa shape index (κ2) is 6.04. The summed E-state index contributed by atoms with van der Waals surface area (Å²) in [5, 5.41) is 0. The van der Waals surface area contributed by atoms with Crippen molar-refractivity contribution in [2.75, 3.05) is 13.1 Å². The smallest absolute Gasteiger partial charge is 0.224 e. The molecule has 4 nitrogen and oxygen atoms in total. The Labute approximate surface area is 116 Å². The van der Waals surface area contributed by atoms with Gasteiger partial charge in [0, 0.05) is 25.0 Å². The van der Waals surface area contributed by atoms with E-state index in [-0.39, 0.29) is 17.7 Å². The first kappa shape index (κ1) is 14.5. The summed E-state index contributed by atoms with van der Waals surface area (Å²) in [5.41, 5.74) is 0. The Morgan fingerprint density at radius 1 is 1.16 bits per heavy atom. The van der Waals surface area contributed by atoms with Crippen LogP contribution in [-0.2, 0) is 9.59 Å². The average molecular weight is 266 g/mol. The van der Waals surface area contributed by atoms with Crippen molar-refractivity contribution in [3.8, 4) is 0 Å². The summed E-state index contributed by atoms with van der Waals surface area (Å²) in [6.45, 7) is 7.85. The van der Waals surface area contributed by atoms with Gasteiger partial charge in [0.25, 0.3) is 0 Å². The molecular weight excluding hydrogens is 240 g/mol. The predicted octanol–water partition coefficient (Wildman–Crippen LogP) is 1.83. The Morgan fingerprint density at radius 3 is 2.47 bits per heavy atom. The lowest BCUT2D eigenvalue weighted by Crippen LogP contribution is -2.44. The molecule has 0 aromatic heterocycles. The van der Waals surface area contributed by atoms with Crippen molar-refractivity contribution in [2.24, 2.45) is 0 Å². The lowest BCUT2D eigenvalue weighted by atomic mass is 10.1. The van der Waals surface area contributed by atoms with Gasteiger partial charge >= 0.3 is 0 Å². The van der Waals surface area contributed by atoms with Crippen LogP contribution in [0.1, 0.15) is 52.9 Å². The minimum atomic E-state index is -0.151. The van der Waals surface area contributed by atoms with Crippen molar-refractivity contribution in [3.05, 3.63) is 0 Å². The second-order valence-electron chi connectivity index (χ2n) is 6.19. The van der Waals surface area contributed by atoms with Crippen molar-refractivity contribution in [1.82, 2.24) is 9.80 Å². The molecule has 0 spiro atoms. The molecule has 2 aliphatic rings. The van der Waals surface area contributed by atoms with Crippen LogP contribution in [0.15, 0.2) is 0 Å². The van der Waals surface area contributed by atoms with Gasteiger partial charge < -0.3 is 4.90 Å². The number of Topliss-reactive ketones (excluding diaryl/α,β-unsaturated/α-hetero) is 1. The highest BCUT2D eigenvalue weighted by atomic mass is 16.2. The number of rotatable bonds is 4. The van der Waals surface area contributed by atoms with Crippen LogP contribution in [0.4, 0.5) is 0 Å². The predicted molar refractivity (Wildman–Crippen MR) is 74.9 cm³/mol. The van der Waals surface area contributed by atoms with Gasteiger partial charge in [0.05, 0.1) is 6.04 Å². The highest BCUT2D eigenvalue weighted by molar-refractivity contribution is 5.88. The average Bonchev–Trinajstić information content (AvgIpc) is 2.96. The van der Waals surface area contributed by atoms with Crippen molar-refractivity contribution in [3.63, 3.8) is 0 Å². The van der Waals surface area contributed by atoms with Gasteiger partial charge in [-0.2, -0.15) is 0 Å². The quantitative estimate of drug-likeness (QED) is 0.779. The van der Waals surface area contributed by atoms with E-state index in [4.69, 9.17) is 0 Å². The first-order chi connectivity index (χ1) is 9.00. The molecule has 2 atom stereocenters.